The third kappa shape index (κ3) is 2.93. The first-order chi connectivity index (χ1) is 8.70. The first kappa shape index (κ1) is 12.7. The lowest BCUT2D eigenvalue weighted by atomic mass is 10.2. The number of aromatic nitrogens is 1. The third-order valence-corrected chi connectivity index (χ3v) is 3.18. The van der Waals surface area contributed by atoms with Gasteiger partial charge < -0.3 is 10.1 Å². The van der Waals surface area contributed by atoms with E-state index in [1.165, 1.54) is 0 Å². The van der Waals surface area contributed by atoms with E-state index in [1.807, 2.05) is 37.3 Å². The fraction of sp³-hybridized carbons (Fsp3) is 0.214. The molecule has 0 saturated heterocycles. The van der Waals surface area contributed by atoms with E-state index in [-0.39, 0.29) is 0 Å². The van der Waals surface area contributed by atoms with Gasteiger partial charge in [0.25, 0.3) is 0 Å². The van der Waals surface area contributed by atoms with Crippen LogP contribution in [-0.2, 0) is 6.54 Å². The highest BCUT2D eigenvalue weighted by atomic mass is 35.5. The van der Waals surface area contributed by atoms with Crippen LogP contribution in [0.15, 0.2) is 36.5 Å². The predicted molar refractivity (Wildman–Crippen MR) is 74.3 cm³/mol. The molecule has 0 radical (unpaired) electrons. The molecule has 0 fully saturated rings. The Labute approximate surface area is 112 Å². The van der Waals surface area contributed by atoms with Gasteiger partial charge in [-0.2, -0.15) is 0 Å². The Kier molecular flexibility index (Phi) is 4.05. The Hall–Kier alpha value is -1.74. The van der Waals surface area contributed by atoms with Crippen molar-refractivity contribution >= 4 is 17.3 Å². The summed E-state index contributed by atoms with van der Waals surface area (Å²) in [5.74, 6) is 0.618. The minimum absolute atomic E-state index is 0.618. The molecular weight excluding hydrogens is 248 g/mol. The summed E-state index contributed by atoms with van der Waals surface area (Å²) >= 11 is 6.21. The zero-order valence-electron chi connectivity index (χ0n) is 10.4. The molecule has 1 aromatic carbocycles. The zero-order valence-corrected chi connectivity index (χ0v) is 11.2. The molecular formula is C14H15ClN2O. The summed E-state index contributed by atoms with van der Waals surface area (Å²) in [7, 11) is 1.60. The Morgan fingerprint density at radius 1 is 1.28 bits per heavy atom. The molecule has 2 rings (SSSR count). The van der Waals surface area contributed by atoms with Crippen molar-refractivity contribution in [2.45, 2.75) is 13.5 Å². The molecule has 0 aliphatic carbocycles. The Bertz CT molecular complexity index is 526. The van der Waals surface area contributed by atoms with Crippen molar-refractivity contribution in [1.82, 2.24) is 4.98 Å². The monoisotopic (exact) mass is 262 g/mol. The molecule has 0 spiro atoms. The van der Waals surface area contributed by atoms with E-state index in [0.29, 0.717) is 12.4 Å². The van der Waals surface area contributed by atoms with E-state index >= 15 is 0 Å². The zero-order chi connectivity index (χ0) is 13.0. The summed E-state index contributed by atoms with van der Waals surface area (Å²) in [5.41, 5.74) is 3.08. The van der Waals surface area contributed by atoms with Crippen LogP contribution in [0.3, 0.4) is 0 Å². The summed E-state index contributed by atoms with van der Waals surface area (Å²) in [5, 5.41) is 4.06. The lowest BCUT2D eigenvalue weighted by molar-refractivity contribution is 0.397. The highest BCUT2D eigenvalue weighted by Gasteiger charge is 2.02. The van der Waals surface area contributed by atoms with E-state index < -0.39 is 0 Å². The maximum absolute atomic E-state index is 6.21. The molecule has 1 heterocycles. The molecule has 0 bridgehead atoms. The molecule has 0 aliphatic rings. The Morgan fingerprint density at radius 3 is 2.78 bits per heavy atom. The maximum Gasteiger partial charge on any atom is 0.212 e. The number of nitrogens with one attached hydrogen (secondary N) is 1. The number of halogens is 1. The van der Waals surface area contributed by atoms with Crippen molar-refractivity contribution in [3.63, 3.8) is 0 Å². The fourth-order valence-corrected chi connectivity index (χ4v) is 1.81. The number of pyridine rings is 1. The summed E-state index contributed by atoms with van der Waals surface area (Å²) in [6.07, 6.45) is 1.79. The van der Waals surface area contributed by atoms with Crippen molar-refractivity contribution in [2.24, 2.45) is 0 Å². The number of rotatable bonds is 4. The van der Waals surface area contributed by atoms with E-state index in [1.54, 1.807) is 13.3 Å². The van der Waals surface area contributed by atoms with Crippen molar-refractivity contribution in [3.8, 4) is 5.88 Å². The third-order valence-electron chi connectivity index (χ3n) is 2.68. The van der Waals surface area contributed by atoms with Gasteiger partial charge in [-0.15, -0.1) is 0 Å². The van der Waals surface area contributed by atoms with E-state index in [4.69, 9.17) is 16.3 Å². The van der Waals surface area contributed by atoms with Crippen LogP contribution in [0.1, 0.15) is 11.1 Å². The number of ether oxygens (including phenoxy) is 1. The number of hydrogen-bond acceptors (Lipinski definition) is 3. The Balaban J connectivity index is 2.04. The number of aryl methyl sites for hydroxylation is 1. The van der Waals surface area contributed by atoms with Gasteiger partial charge in [0.2, 0.25) is 5.88 Å². The molecule has 1 N–H and O–H groups in total. The number of nitrogens with zero attached hydrogens (tertiary/aromatic N) is 1. The SMILES string of the molecule is COc1ccc(CNc2cccc(C)c2Cl)cn1. The lowest BCUT2D eigenvalue weighted by Gasteiger charge is -2.10. The molecule has 18 heavy (non-hydrogen) atoms. The molecule has 0 unspecified atom stereocenters. The van der Waals surface area contributed by atoms with Gasteiger partial charge >= 0.3 is 0 Å². The number of hydrogen-bond donors (Lipinski definition) is 1. The summed E-state index contributed by atoms with van der Waals surface area (Å²) in [4.78, 5) is 4.15. The molecule has 0 saturated carbocycles. The average molecular weight is 263 g/mol. The normalized spacial score (nSPS) is 10.2. The van der Waals surface area contributed by atoms with E-state index in [0.717, 1.165) is 21.8 Å². The van der Waals surface area contributed by atoms with Crippen LogP contribution in [0.5, 0.6) is 5.88 Å². The largest absolute Gasteiger partial charge is 0.481 e. The van der Waals surface area contributed by atoms with Gasteiger partial charge in [0.15, 0.2) is 0 Å². The van der Waals surface area contributed by atoms with Crippen LogP contribution in [0.4, 0.5) is 5.69 Å². The van der Waals surface area contributed by atoms with Gasteiger partial charge in [-0.25, -0.2) is 4.98 Å². The highest BCUT2D eigenvalue weighted by molar-refractivity contribution is 6.33. The van der Waals surface area contributed by atoms with Crippen LogP contribution in [0.25, 0.3) is 0 Å². The first-order valence-corrected chi connectivity index (χ1v) is 6.06. The molecule has 0 amide bonds. The Morgan fingerprint density at radius 2 is 2.11 bits per heavy atom. The quantitative estimate of drug-likeness (QED) is 0.913. The van der Waals surface area contributed by atoms with Crippen molar-refractivity contribution in [3.05, 3.63) is 52.7 Å². The van der Waals surface area contributed by atoms with Crippen molar-refractivity contribution in [2.75, 3.05) is 12.4 Å². The summed E-state index contributed by atoms with van der Waals surface area (Å²) in [6.45, 7) is 2.67. The fourth-order valence-electron chi connectivity index (χ4n) is 1.62. The molecule has 1 aromatic heterocycles. The van der Waals surface area contributed by atoms with Gasteiger partial charge in [-0.1, -0.05) is 29.8 Å². The molecule has 2 aromatic rings. The number of benzene rings is 1. The first-order valence-electron chi connectivity index (χ1n) is 5.68. The van der Waals surface area contributed by atoms with Crippen LogP contribution in [0.2, 0.25) is 5.02 Å². The molecule has 94 valence electrons. The molecule has 0 atom stereocenters. The minimum Gasteiger partial charge on any atom is -0.481 e. The van der Waals surface area contributed by atoms with Crippen LogP contribution in [-0.4, -0.2) is 12.1 Å². The van der Waals surface area contributed by atoms with Crippen LogP contribution < -0.4 is 10.1 Å². The predicted octanol–water partition coefficient (Wildman–Crippen LogP) is 3.66. The number of methoxy groups -OCH3 is 1. The molecule has 3 nitrogen and oxygen atoms in total. The van der Waals surface area contributed by atoms with E-state index in [2.05, 4.69) is 10.3 Å². The second kappa shape index (κ2) is 5.74. The standard InChI is InChI=1S/C14H15ClN2O/c1-10-4-3-5-12(14(10)15)16-8-11-6-7-13(18-2)17-9-11/h3-7,9,16H,8H2,1-2H3. The topological polar surface area (TPSA) is 34.1 Å². The van der Waals surface area contributed by atoms with Gasteiger partial charge in [0.1, 0.15) is 0 Å². The average Bonchev–Trinajstić information content (AvgIpc) is 2.41. The van der Waals surface area contributed by atoms with E-state index in [9.17, 15) is 0 Å². The smallest absolute Gasteiger partial charge is 0.212 e. The van der Waals surface area contributed by atoms with Gasteiger partial charge in [-0.3, -0.25) is 0 Å². The van der Waals surface area contributed by atoms with Gasteiger partial charge in [0.05, 0.1) is 17.8 Å². The second-order valence-electron chi connectivity index (χ2n) is 4.00. The lowest BCUT2D eigenvalue weighted by Crippen LogP contribution is -2.01. The molecule has 4 heteroatoms. The van der Waals surface area contributed by atoms with Crippen LogP contribution in [0, 0.1) is 6.92 Å². The number of anilines is 1. The second-order valence-corrected chi connectivity index (χ2v) is 4.38. The van der Waals surface area contributed by atoms with Crippen molar-refractivity contribution < 1.29 is 4.74 Å². The van der Waals surface area contributed by atoms with Crippen molar-refractivity contribution in [1.29, 1.82) is 0 Å². The van der Waals surface area contributed by atoms with Crippen LogP contribution >= 0.6 is 11.6 Å². The van der Waals surface area contributed by atoms with Gasteiger partial charge in [0, 0.05) is 18.8 Å². The maximum atomic E-state index is 6.21. The van der Waals surface area contributed by atoms with Gasteiger partial charge in [-0.05, 0) is 24.1 Å². The highest BCUT2D eigenvalue weighted by Crippen LogP contribution is 2.25. The molecule has 0 aliphatic heterocycles. The summed E-state index contributed by atoms with van der Waals surface area (Å²) < 4.78 is 5.01. The minimum atomic E-state index is 0.618. The summed E-state index contributed by atoms with van der Waals surface area (Å²) in [6, 6.07) is 9.75.